The number of nitrogens with two attached hydrogens (primary N) is 2. The summed E-state index contributed by atoms with van der Waals surface area (Å²) >= 11 is 5.77. The first-order valence-corrected chi connectivity index (χ1v) is 10.7. The van der Waals surface area contributed by atoms with Crippen LogP contribution in [-0.2, 0) is 10.0 Å². The lowest BCUT2D eigenvalue weighted by molar-refractivity contribution is 0.0945. The van der Waals surface area contributed by atoms with Gasteiger partial charge in [-0.1, -0.05) is 29.8 Å². The Bertz CT molecular complexity index is 942. The van der Waals surface area contributed by atoms with Gasteiger partial charge in [0.25, 0.3) is 5.91 Å². The van der Waals surface area contributed by atoms with E-state index in [1.807, 2.05) is 11.9 Å². The number of hydrogen-bond acceptors (Lipinski definition) is 8. The molecule has 1 heterocycles. The number of halogens is 1. The van der Waals surface area contributed by atoms with Gasteiger partial charge in [-0.05, 0) is 32.1 Å². The van der Waals surface area contributed by atoms with Gasteiger partial charge >= 0.3 is 0 Å². The third-order valence-electron chi connectivity index (χ3n) is 3.96. The minimum absolute atomic E-state index is 0.0386. The molecule has 158 valence electrons. The summed E-state index contributed by atoms with van der Waals surface area (Å²) in [4.78, 5) is 21.9. The molecule has 6 N–H and O–H groups in total. The molecule has 2 aromatic rings. The zero-order valence-electron chi connectivity index (χ0n) is 15.9. The predicted molar refractivity (Wildman–Crippen MR) is 112 cm³/mol. The highest BCUT2D eigenvalue weighted by Crippen LogP contribution is 2.17. The first-order valence-electron chi connectivity index (χ1n) is 8.80. The Balaban J connectivity index is 1.69. The minimum atomic E-state index is -3.50. The zero-order valence-corrected chi connectivity index (χ0v) is 17.5. The maximum absolute atomic E-state index is 12.1. The van der Waals surface area contributed by atoms with Crippen molar-refractivity contribution in [3.63, 3.8) is 0 Å². The molecule has 1 amide bonds. The monoisotopic (exact) mass is 441 g/mol. The van der Waals surface area contributed by atoms with Crippen LogP contribution >= 0.6 is 11.6 Å². The Morgan fingerprint density at radius 1 is 1.10 bits per heavy atom. The van der Waals surface area contributed by atoms with Crippen molar-refractivity contribution < 1.29 is 13.2 Å². The first kappa shape index (κ1) is 22.8. The standard InChI is InChI=1S/C17H24ClN7O3S/c1-25(10-5-8-22-29(27,28)12-6-3-2-4-7-12)11-9-21-17(26)13-15(19)24-16(20)14(18)23-13/h2-4,6-7,22H,5,8-11H2,1H3,(H,21,26)(H4,19,20,24). The molecule has 0 radical (unpaired) electrons. The van der Waals surface area contributed by atoms with E-state index < -0.39 is 15.9 Å². The number of anilines is 2. The van der Waals surface area contributed by atoms with Crippen LogP contribution in [0.4, 0.5) is 11.6 Å². The molecule has 0 spiro atoms. The zero-order chi connectivity index (χ0) is 21.4. The summed E-state index contributed by atoms with van der Waals surface area (Å²) in [6.07, 6.45) is 0.614. The van der Waals surface area contributed by atoms with Crippen LogP contribution in [0.1, 0.15) is 16.9 Å². The molecule has 12 heteroatoms. The number of carbonyl (C=O) groups is 1. The molecule has 29 heavy (non-hydrogen) atoms. The van der Waals surface area contributed by atoms with Gasteiger partial charge in [0, 0.05) is 19.6 Å². The second-order valence-corrected chi connectivity index (χ2v) is 8.38. The molecule has 0 saturated carbocycles. The van der Waals surface area contributed by atoms with E-state index in [0.29, 0.717) is 32.6 Å². The molecule has 0 fully saturated rings. The largest absolute Gasteiger partial charge is 0.382 e. The number of benzene rings is 1. The second kappa shape index (κ2) is 10.3. The summed E-state index contributed by atoms with van der Waals surface area (Å²) in [5.41, 5.74) is 11.0. The van der Waals surface area contributed by atoms with Crippen LogP contribution in [0.3, 0.4) is 0 Å². The quantitative estimate of drug-likeness (QED) is 0.384. The lowest BCUT2D eigenvalue weighted by Crippen LogP contribution is -2.35. The normalized spacial score (nSPS) is 11.6. The number of likely N-dealkylation sites (N-methyl/N-ethyl adjacent to an activating group) is 1. The number of aromatic nitrogens is 2. The van der Waals surface area contributed by atoms with Gasteiger partial charge < -0.3 is 21.7 Å². The topological polar surface area (TPSA) is 156 Å². The minimum Gasteiger partial charge on any atom is -0.382 e. The van der Waals surface area contributed by atoms with Gasteiger partial charge in [0.15, 0.2) is 22.5 Å². The number of nitrogens with zero attached hydrogens (tertiary/aromatic N) is 3. The fourth-order valence-corrected chi connectivity index (χ4v) is 3.62. The highest BCUT2D eigenvalue weighted by molar-refractivity contribution is 7.89. The van der Waals surface area contributed by atoms with Crippen molar-refractivity contribution in [2.24, 2.45) is 0 Å². The van der Waals surface area contributed by atoms with Crippen molar-refractivity contribution in [3.8, 4) is 0 Å². The Kier molecular flexibility index (Phi) is 8.14. The van der Waals surface area contributed by atoms with Gasteiger partial charge in [-0.3, -0.25) is 4.79 Å². The van der Waals surface area contributed by atoms with Crippen molar-refractivity contribution >= 4 is 39.2 Å². The molecule has 0 atom stereocenters. The van der Waals surface area contributed by atoms with E-state index in [9.17, 15) is 13.2 Å². The van der Waals surface area contributed by atoms with Crippen molar-refractivity contribution in [3.05, 3.63) is 41.2 Å². The van der Waals surface area contributed by atoms with Gasteiger partial charge in [0.05, 0.1) is 4.90 Å². The molecule has 0 saturated heterocycles. The summed E-state index contributed by atoms with van der Waals surface area (Å²) in [5, 5.41) is 2.60. The Morgan fingerprint density at radius 3 is 2.48 bits per heavy atom. The smallest absolute Gasteiger partial charge is 0.273 e. The van der Waals surface area contributed by atoms with Crippen molar-refractivity contribution in [1.82, 2.24) is 24.9 Å². The lowest BCUT2D eigenvalue weighted by atomic mass is 10.3. The van der Waals surface area contributed by atoms with E-state index in [-0.39, 0.29) is 27.4 Å². The van der Waals surface area contributed by atoms with E-state index in [0.717, 1.165) is 0 Å². The molecule has 0 aliphatic heterocycles. The van der Waals surface area contributed by atoms with Crippen LogP contribution in [-0.4, -0.2) is 62.4 Å². The molecule has 0 unspecified atom stereocenters. The number of sulfonamides is 1. The average molecular weight is 442 g/mol. The molecule has 0 aliphatic rings. The summed E-state index contributed by atoms with van der Waals surface area (Å²) in [6, 6.07) is 8.20. The summed E-state index contributed by atoms with van der Waals surface area (Å²) < 4.78 is 26.8. The highest BCUT2D eigenvalue weighted by atomic mass is 35.5. The fourth-order valence-electron chi connectivity index (χ4n) is 2.40. The van der Waals surface area contributed by atoms with E-state index in [2.05, 4.69) is 20.0 Å². The first-order chi connectivity index (χ1) is 13.7. The predicted octanol–water partition coefficient (Wildman–Crippen LogP) is 0.325. The van der Waals surface area contributed by atoms with Crippen LogP contribution in [0.15, 0.2) is 35.2 Å². The van der Waals surface area contributed by atoms with Gasteiger partial charge in [0.2, 0.25) is 10.0 Å². The number of nitrogens with one attached hydrogen (secondary N) is 2. The second-order valence-electron chi connectivity index (χ2n) is 6.26. The Labute approximate surface area is 174 Å². The maximum Gasteiger partial charge on any atom is 0.273 e. The Morgan fingerprint density at radius 2 is 1.79 bits per heavy atom. The molecule has 0 bridgehead atoms. The van der Waals surface area contributed by atoms with Crippen LogP contribution in [0.25, 0.3) is 0 Å². The molecule has 1 aromatic heterocycles. The molecule has 2 rings (SSSR count). The van der Waals surface area contributed by atoms with Crippen LogP contribution in [0, 0.1) is 0 Å². The molecule has 1 aromatic carbocycles. The van der Waals surface area contributed by atoms with Gasteiger partial charge in [-0.2, -0.15) is 0 Å². The van der Waals surface area contributed by atoms with E-state index in [1.54, 1.807) is 30.3 Å². The van der Waals surface area contributed by atoms with E-state index >= 15 is 0 Å². The fraction of sp³-hybridized carbons (Fsp3) is 0.353. The SMILES string of the molecule is CN(CCCNS(=O)(=O)c1ccccc1)CCNC(=O)c1nc(Cl)c(N)nc1N. The van der Waals surface area contributed by atoms with Gasteiger partial charge in [-0.15, -0.1) is 0 Å². The van der Waals surface area contributed by atoms with Crippen LogP contribution in [0.5, 0.6) is 0 Å². The van der Waals surface area contributed by atoms with Crippen molar-refractivity contribution in [2.75, 3.05) is 44.7 Å². The van der Waals surface area contributed by atoms with E-state index in [1.165, 1.54) is 0 Å². The molecule has 0 aliphatic carbocycles. The number of rotatable bonds is 10. The highest BCUT2D eigenvalue weighted by Gasteiger charge is 2.16. The summed E-state index contributed by atoms with van der Waals surface area (Å²) in [7, 11) is -1.63. The third kappa shape index (κ3) is 6.82. The van der Waals surface area contributed by atoms with Crippen LogP contribution < -0.4 is 21.5 Å². The summed E-state index contributed by atoms with van der Waals surface area (Å²) in [6.45, 7) is 1.84. The number of hydrogen-bond donors (Lipinski definition) is 4. The van der Waals surface area contributed by atoms with Crippen molar-refractivity contribution in [1.29, 1.82) is 0 Å². The van der Waals surface area contributed by atoms with Gasteiger partial charge in [0.1, 0.15) is 0 Å². The van der Waals surface area contributed by atoms with Gasteiger partial charge in [-0.25, -0.2) is 23.1 Å². The number of amides is 1. The number of nitrogen functional groups attached to an aromatic ring is 2. The van der Waals surface area contributed by atoms with Crippen molar-refractivity contribution in [2.45, 2.75) is 11.3 Å². The summed E-state index contributed by atoms with van der Waals surface area (Å²) in [5.74, 6) is -0.632. The Hall–Kier alpha value is -2.47. The molecule has 10 nitrogen and oxygen atoms in total. The molecular formula is C17H24ClN7O3S. The lowest BCUT2D eigenvalue weighted by Gasteiger charge is -2.17. The average Bonchev–Trinajstić information content (AvgIpc) is 2.68. The van der Waals surface area contributed by atoms with E-state index in [4.69, 9.17) is 23.1 Å². The molecular weight excluding hydrogens is 418 g/mol. The number of carbonyl (C=O) groups excluding carboxylic acids is 1. The van der Waals surface area contributed by atoms with Crippen LogP contribution in [0.2, 0.25) is 5.15 Å². The maximum atomic E-state index is 12.1. The third-order valence-corrected chi connectivity index (χ3v) is 5.72.